The molecule has 1 aromatic heterocycles. The normalized spacial score (nSPS) is 20.3. The Labute approximate surface area is 191 Å². The minimum Gasteiger partial charge on any atom is -0.462 e. The summed E-state index contributed by atoms with van der Waals surface area (Å²) in [7, 11) is 0. The fraction of sp³-hybridized carbons (Fsp3) is 0.190. The number of anilines is 1. The van der Waals surface area contributed by atoms with E-state index in [9.17, 15) is 19.2 Å². The number of nitrogens with zero attached hydrogens (tertiary/aromatic N) is 2. The summed E-state index contributed by atoms with van der Waals surface area (Å²) in [5, 5.41) is 1.90. The summed E-state index contributed by atoms with van der Waals surface area (Å²) in [5.41, 5.74) is 0.641. The molecule has 2 aliphatic heterocycles. The van der Waals surface area contributed by atoms with Crippen molar-refractivity contribution in [3.63, 3.8) is 0 Å². The molecule has 158 valence electrons. The third-order valence-corrected chi connectivity index (χ3v) is 6.86. The lowest BCUT2D eigenvalue weighted by molar-refractivity contribution is -0.129. The number of thioether (sulfide) groups is 1. The van der Waals surface area contributed by atoms with Crippen molar-refractivity contribution in [1.29, 1.82) is 0 Å². The molecule has 2 fully saturated rings. The van der Waals surface area contributed by atoms with Gasteiger partial charge in [-0.25, -0.2) is 9.69 Å². The van der Waals surface area contributed by atoms with Gasteiger partial charge in [0.05, 0.1) is 29.2 Å². The molecule has 4 rings (SSSR count). The van der Waals surface area contributed by atoms with Crippen LogP contribution in [0, 0.1) is 0 Å². The average Bonchev–Trinajstić information content (AvgIpc) is 3.42. The molecule has 0 radical (unpaired) electrons. The first-order valence-corrected chi connectivity index (χ1v) is 11.5. The van der Waals surface area contributed by atoms with Gasteiger partial charge < -0.3 is 4.74 Å². The van der Waals surface area contributed by atoms with Gasteiger partial charge in [-0.2, -0.15) is 0 Å². The topological polar surface area (TPSA) is 84.0 Å². The highest BCUT2D eigenvalue weighted by Crippen LogP contribution is 2.37. The molecule has 0 spiro atoms. The van der Waals surface area contributed by atoms with Crippen LogP contribution in [0.3, 0.4) is 0 Å². The van der Waals surface area contributed by atoms with Gasteiger partial charge in [-0.15, -0.1) is 11.3 Å². The second-order valence-corrected chi connectivity index (χ2v) is 9.28. The zero-order valence-electron chi connectivity index (χ0n) is 16.3. The van der Waals surface area contributed by atoms with Crippen LogP contribution in [0.5, 0.6) is 0 Å². The fourth-order valence-corrected chi connectivity index (χ4v) is 5.38. The van der Waals surface area contributed by atoms with E-state index in [1.807, 2.05) is 17.5 Å². The van der Waals surface area contributed by atoms with Crippen LogP contribution < -0.4 is 4.90 Å². The zero-order valence-corrected chi connectivity index (χ0v) is 18.7. The standard InChI is InChI=1S/C21H16N2O5S3/c1-2-28-20(27)12-5-7-13(8-6-12)22-17(24)11-15(18(22)25)23-19(26)16(31-21(23)29)10-14-4-3-9-30-14/h3-10,15H,2,11H2,1H3/b16-10-/t15-/m1/s1. The van der Waals surface area contributed by atoms with Crippen molar-refractivity contribution in [3.8, 4) is 0 Å². The van der Waals surface area contributed by atoms with Crippen molar-refractivity contribution < 1.29 is 23.9 Å². The number of esters is 1. The molecular weight excluding hydrogens is 456 g/mol. The van der Waals surface area contributed by atoms with E-state index in [0.29, 0.717) is 16.2 Å². The Kier molecular flexibility index (Phi) is 6.03. The van der Waals surface area contributed by atoms with E-state index in [1.54, 1.807) is 13.0 Å². The van der Waals surface area contributed by atoms with Crippen molar-refractivity contribution in [1.82, 2.24) is 4.90 Å². The number of carbonyl (C=O) groups is 4. The second-order valence-electron chi connectivity index (χ2n) is 6.62. The van der Waals surface area contributed by atoms with Crippen molar-refractivity contribution in [2.24, 2.45) is 0 Å². The second kappa shape index (κ2) is 8.74. The molecule has 10 heteroatoms. The van der Waals surface area contributed by atoms with E-state index in [4.69, 9.17) is 17.0 Å². The minimum absolute atomic E-state index is 0.156. The fourth-order valence-electron chi connectivity index (χ4n) is 3.30. The molecule has 0 aliphatic carbocycles. The van der Waals surface area contributed by atoms with Gasteiger partial charge in [0.1, 0.15) is 10.4 Å². The Balaban J connectivity index is 1.55. The molecule has 0 bridgehead atoms. The summed E-state index contributed by atoms with van der Waals surface area (Å²) < 4.78 is 5.19. The molecule has 2 aliphatic rings. The monoisotopic (exact) mass is 472 g/mol. The van der Waals surface area contributed by atoms with Crippen LogP contribution in [-0.2, 0) is 19.1 Å². The van der Waals surface area contributed by atoms with E-state index >= 15 is 0 Å². The molecule has 7 nitrogen and oxygen atoms in total. The lowest BCUT2D eigenvalue weighted by atomic mass is 10.2. The molecule has 3 amide bonds. The number of thiophene rings is 1. The SMILES string of the molecule is CCOC(=O)c1ccc(N2C(=O)C[C@@H](N3C(=O)/C(=C/c4cccs4)SC3=S)C2=O)cc1. The quantitative estimate of drug-likeness (QED) is 0.285. The van der Waals surface area contributed by atoms with E-state index < -0.39 is 23.8 Å². The van der Waals surface area contributed by atoms with Crippen LogP contribution in [0.25, 0.3) is 6.08 Å². The summed E-state index contributed by atoms with van der Waals surface area (Å²) in [6.45, 7) is 1.95. The van der Waals surface area contributed by atoms with Crippen LogP contribution in [-0.4, -0.2) is 45.6 Å². The van der Waals surface area contributed by atoms with E-state index in [1.165, 1.54) is 40.5 Å². The Hall–Kier alpha value is -2.82. The Morgan fingerprint density at radius 3 is 2.61 bits per heavy atom. The molecule has 0 saturated carbocycles. The first kappa shape index (κ1) is 21.4. The number of carbonyl (C=O) groups excluding carboxylic acids is 4. The van der Waals surface area contributed by atoms with Crippen molar-refractivity contribution in [2.45, 2.75) is 19.4 Å². The number of thiocarbonyl (C=S) groups is 1. The number of benzene rings is 1. The maximum Gasteiger partial charge on any atom is 0.338 e. The highest BCUT2D eigenvalue weighted by Gasteiger charge is 2.48. The summed E-state index contributed by atoms with van der Waals surface area (Å²) in [6.07, 6.45) is 1.58. The summed E-state index contributed by atoms with van der Waals surface area (Å²) >= 11 is 7.95. The molecule has 1 aromatic carbocycles. The summed E-state index contributed by atoms with van der Waals surface area (Å²) in [5.74, 6) is -1.83. The number of imide groups is 1. The van der Waals surface area contributed by atoms with E-state index in [0.717, 1.165) is 21.5 Å². The lowest BCUT2D eigenvalue weighted by Gasteiger charge is -2.21. The maximum atomic E-state index is 13.1. The molecule has 1 atom stereocenters. The predicted octanol–water partition coefficient (Wildman–Crippen LogP) is 3.46. The molecule has 2 aromatic rings. The first-order valence-electron chi connectivity index (χ1n) is 9.35. The van der Waals surface area contributed by atoms with Gasteiger partial charge in [0.25, 0.3) is 11.8 Å². The van der Waals surface area contributed by atoms with Gasteiger partial charge in [-0.3, -0.25) is 19.3 Å². The van der Waals surface area contributed by atoms with E-state index in [-0.39, 0.29) is 23.3 Å². The predicted molar refractivity (Wildman–Crippen MR) is 123 cm³/mol. The van der Waals surface area contributed by atoms with Crippen molar-refractivity contribution in [2.75, 3.05) is 11.5 Å². The van der Waals surface area contributed by atoms with Crippen LogP contribution in [0.1, 0.15) is 28.6 Å². The Morgan fingerprint density at radius 2 is 1.97 bits per heavy atom. The van der Waals surface area contributed by atoms with Crippen molar-refractivity contribution in [3.05, 3.63) is 57.1 Å². The summed E-state index contributed by atoms with van der Waals surface area (Å²) in [6, 6.07) is 8.76. The van der Waals surface area contributed by atoms with Gasteiger partial charge in [0.15, 0.2) is 0 Å². The molecule has 31 heavy (non-hydrogen) atoms. The molecule has 2 saturated heterocycles. The lowest BCUT2D eigenvalue weighted by Crippen LogP contribution is -2.44. The van der Waals surface area contributed by atoms with Gasteiger partial charge in [0.2, 0.25) is 5.91 Å². The Morgan fingerprint density at radius 1 is 1.23 bits per heavy atom. The number of amides is 3. The number of hydrogen-bond donors (Lipinski definition) is 0. The highest BCUT2D eigenvalue weighted by atomic mass is 32.2. The first-order chi connectivity index (χ1) is 14.9. The van der Waals surface area contributed by atoms with Crippen LogP contribution in [0.2, 0.25) is 0 Å². The zero-order chi connectivity index (χ0) is 22.1. The summed E-state index contributed by atoms with van der Waals surface area (Å²) in [4.78, 5) is 54.0. The molecule has 0 N–H and O–H groups in total. The van der Waals surface area contributed by atoms with Crippen LogP contribution >= 0.6 is 35.3 Å². The third kappa shape index (κ3) is 4.06. The molecule has 3 heterocycles. The number of ether oxygens (including phenoxy) is 1. The van der Waals surface area contributed by atoms with Gasteiger partial charge in [-0.05, 0) is 48.7 Å². The van der Waals surface area contributed by atoms with E-state index in [2.05, 4.69) is 0 Å². The highest BCUT2D eigenvalue weighted by molar-refractivity contribution is 8.26. The van der Waals surface area contributed by atoms with Gasteiger partial charge in [-0.1, -0.05) is 30.0 Å². The van der Waals surface area contributed by atoms with Crippen molar-refractivity contribution >= 4 is 75.1 Å². The Bertz CT molecular complexity index is 1110. The third-order valence-electron chi connectivity index (χ3n) is 4.71. The number of hydrogen-bond acceptors (Lipinski definition) is 8. The maximum absolute atomic E-state index is 13.1. The number of rotatable bonds is 5. The molecular formula is C21H16N2O5S3. The van der Waals surface area contributed by atoms with Crippen LogP contribution in [0.4, 0.5) is 5.69 Å². The van der Waals surface area contributed by atoms with Gasteiger partial charge in [0, 0.05) is 4.88 Å². The van der Waals surface area contributed by atoms with Crippen LogP contribution in [0.15, 0.2) is 46.7 Å². The minimum atomic E-state index is -0.987. The largest absolute Gasteiger partial charge is 0.462 e. The smallest absolute Gasteiger partial charge is 0.338 e. The average molecular weight is 473 g/mol. The van der Waals surface area contributed by atoms with Gasteiger partial charge >= 0.3 is 5.97 Å². The molecule has 0 unspecified atom stereocenters.